The topological polar surface area (TPSA) is 97.3 Å². The van der Waals surface area contributed by atoms with E-state index in [1.165, 1.54) is 40.2 Å². The van der Waals surface area contributed by atoms with E-state index in [-0.39, 0.29) is 23.7 Å². The average Bonchev–Trinajstić information content (AvgIpc) is 3.47. The zero-order valence-electron chi connectivity index (χ0n) is 23.5. The molecule has 43 heavy (non-hydrogen) atoms. The van der Waals surface area contributed by atoms with Gasteiger partial charge < -0.3 is 10.1 Å². The molecule has 1 unspecified atom stereocenters. The van der Waals surface area contributed by atoms with Gasteiger partial charge in [-0.1, -0.05) is 30.7 Å². The predicted molar refractivity (Wildman–Crippen MR) is 166 cm³/mol. The third kappa shape index (κ3) is 6.77. The van der Waals surface area contributed by atoms with Gasteiger partial charge in [0.1, 0.15) is 41.1 Å². The molecular weight excluding hydrogens is 616 g/mol. The summed E-state index contributed by atoms with van der Waals surface area (Å²) in [5.74, 6) is -0.0322. The maximum atomic E-state index is 15.3. The van der Waals surface area contributed by atoms with Crippen molar-refractivity contribution < 1.29 is 21.9 Å². The average molecular weight is 644 g/mol. The van der Waals surface area contributed by atoms with Crippen LogP contribution in [0.5, 0.6) is 5.75 Å². The number of halogens is 3. The van der Waals surface area contributed by atoms with Crippen LogP contribution in [0.1, 0.15) is 37.4 Å². The van der Waals surface area contributed by atoms with Gasteiger partial charge in [0.15, 0.2) is 0 Å². The van der Waals surface area contributed by atoms with E-state index in [9.17, 15) is 12.8 Å². The van der Waals surface area contributed by atoms with Crippen LogP contribution in [-0.2, 0) is 16.6 Å². The molecule has 0 aliphatic carbocycles. The largest absolute Gasteiger partial charge is 0.487 e. The highest BCUT2D eigenvalue weighted by Crippen LogP contribution is 2.35. The van der Waals surface area contributed by atoms with E-state index in [1.54, 1.807) is 62.5 Å². The minimum atomic E-state index is -3.44. The fourth-order valence-electron chi connectivity index (χ4n) is 4.60. The summed E-state index contributed by atoms with van der Waals surface area (Å²) in [7, 11) is -3.44. The molecule has 1 N–H and O–H groups in total. The molecule has 1 atom stereocenters. The molecule has 2 heterocycles. The van der Waals surface area contributed by atoms with Crippen molar-refractivity contribution in [1.29, 1.82) is 0 Å². The van der Waals surface area contributed by atoms with Crippen molar-refractivity contribution in [2.45, 2.75) is 33.4 Å². The quantitative estimate of drug-likeness (QED) is 0.157. The van der Waals surface area contributed by atoms with Gasteiger partial charge in [0.2, 0.25) is 10.0 Å². The molecule has 2 aromatic heterocycles. The Morgan fingerprint density at radius 1 is 1.09 bits per heavy atom. The zero-order chi connectivity index (χ0) is 30.7. The standard InChI is InChI=1S/C30H28ClF2N5O3S2/c1-4-38(43(39,40)5-2)18(3)30-37-27(16-42-30)22-13-23-26(14-25(22)33)34-17-35-29(23)36-21-9-10-28(24(31)12-21)41-15-19-7-6-8-20(32)11-19/h6-14,16-18H,4-5,15H2,1-3H3,(H,34,35,36). The van der Waals surface area contributed by atoms with Gasteiger partial charge in [0.05, 0.1) is 28.0 Å². The van der Waals surface area contributed by atoms with Crippen LogP contribution >= 0.6 is 22.9 Å². The van der Waals surface area contributed by atoms with Gasteiger partial charge in [0.25, 0.3) is 0 Å². The maximum absolute atomic E-state index is 15.3. The first-order valence-electron chi connectivity index (χ1n) is 13.4. The zero-order valence-corrected chi connectivity index (χ0v) is 25.9. The maximum Gasteiger partial charge on any atom is 0.214 e. The number of hydrogen-bond donors (Lipinski definition) is 1. The number of thiazole rings is 1. The molecular formula is C30H28ClF2N5O3S2. The lowest BCUT2D eigenvalue weighted by atomic mass is 10.1. The van der Waals surface area contributed by atoms with Gasteiger partial charge in [-0.25, -0.2) is 32.2 Å². The molecule has 8 nitrogen and oxygen atoms in total. The molecule has 0 aliphatic heterocycles. The SMILES string of the molecule is CCN(C(C)c1nc(-c2cc3c(Nc4ccc(OCc5cccc(F)c5)c(Cl)c4)ncnc3cc2F)cs1)S(=O)(=O)CC. The highest BCUT2D eigenvalue weighted by Gasteiger charge is 2.27. The third-order valence-corrected chi connectivity index (χ3v) is 10.2. The number of sulfonamides is 1. The second-order valence-corrected chi connectivity index (χ2v) is 13.1. The summed E-state index contributed by atoms with van der Waals surface area (Å²) in [6.45, 7) is 5.59. The summed E-state index contributed by atoms with van der Waals surface area (Å²) < 4.78 is 61.0. The summed E-state index contributed by atoms with van der Waals surface area (Å²) >= 11 is 7.74. The summed E-state index contributed by atoms with van der Waals surface area (Å²) in [6, 6.07) is 13.7. The summed E-state index contributed by atoms with van der Waals surface area (Å²) in [6.07, 6.45) is 1.33. The van der Waals surface area contributed by atoms with Crippen LogP contribution in [0.25, 0.3) is 22.2 Å². The molecule has 0 radical (unpaired) electrons. The molecule has 224 valence electrons. The van der Waals surface area contributed by atoms with Crippen molar-refractivity contribution in [3.63, 3.8) is 0 Å². The Bertz CT molecular complexity index is 1890. The van der Waals surface area contributed by atoms with Crippen LogP contribution in [0.2, 0.25) is 5.02 Å². The van der Waals surface area contributed by atoms with Crippen LogP contribution in [0, 0.1) is 11.6 Å². The Balaban J connectivity index is 1.40. The van der Waals surface area contributed by atoms with Crippen molar-refractivity contribution in [3.8, 4) is 17.0 Å². The molecule has 0 bridgehead atoms. The minimum Gasteiger partial charge on any atom is -0.487 e. The fourth-order valence-corrected chi connectivity index (χ4v) is 7.09. The number of aromatic nitrogens is 3. The van der Waals surface area contributed by atoms with Gasteiger partial charge in [-0.2, -0.15) is 4.31 Å². The van der Waals surface area contributed by atoms with Gasteiger partial charge >= 0.3 is 0 Å². The molecule has 0 aliphatic rings. The lowest BCUT2D eigenvalue weighted by Gasteiger charge is -2.25. The van der Waals surface area contributed by atoms with E-state index in [0.717, 1.165) is 0 Å². The van der Waals surface area contributed by atoms with E-state index < -0.39 is 21.9 Å². The Hall–Kier alpha value is -3.71. The Kier molecular flexibility index (Phi) is 9.21. The predicted octanol–water partition coefficient (Wildman–Crippen LogP) is 7.74. The number of nitrogens with zero attached hydrogens (tertiary/aromatic N) is 4. The van der Waals surface area contributed by atoms with Crippen LogP contribution < -0.4 is 10.1 Å². The molecule has 3 aromatic carbocycles. The second-order valence-electron chi connectivity index (χ2n) is 9.61. The van der Waals surface area contributed by atoms with Crippen LogP contribution in [0.15, 0.2) is 66.3 Å². The number of rotatable bonds is 11. The number of anilines is 2. The molecule has 5 aromatic rings. The highest BCUT2D eigenvalue weighted by atomic mass is 35.5. The van der Waals surface area contributed by atoms with Crippen LogP contribution in [0.4, 0.5) is 20.3 Å². The number of fused-ring (bicyclic) bond motifs is 1. The summed E-state index contributed by atoms with van der Waals surface area (Å²) in [5.41, 5.74) is 2.28. The second kappa shape index (κ2) is 12.9. The summed E-state index contributed by atoms with van der Waals surface area (Å²) in [5, 5.41) is 6.36. The van der Waals surface area contributed by atoms with Gasteiger partial charge in [-0.3, -0.25) is 0 Å². The Morgan fingerprint density at radius 3 is 2.63 bits per heavy atom. The number of benzene rings is 3. The van der Waals surface area contributed by atoms with Gasteiger partial charge in [-0.05, 0) is 55.8 Å². The minimum absolute atomic E-state index is 0.0195. The van der Waals surface area contributed by atoms with Crippen molar-refractivity contribution in [3.05, 3.63) is 93.5 Å². The van der Waals surface area contributed by atoms with Crippen LogP contribution in [0.3, 0.4) is 0 Å². The molecule has 0 saturated heterocycles. The van der Waals surface area contributed by atoms with Crippen molar-refractivity contribution >= 4 is 55.4 Å². The Morgan fingerprint density at radius 2 is 1.91 bits per heavy atom. The molecule has 0 amide bonds. The van der Waals surface area contributed by atoms with E-state index >= 15 is 4.39 Å². The van der Waals surface area contributed by atoms with Crippen molar-refractivity contribution in [1.82, 2.24) is 19.3 Å². The van der Waals surface area contributed by atoms with E-state index in [2.05, 4.69) is 20.3 Å². The Labute approximate surface area is 257 Å². The lowest BCUT2D eigenvalue weighted by molar-refractivity contribution is 0.306. The third-order valence-electron chi connectivity index (χ3n) is 6.82. The first kappa shape index (κ1) is 30.7. The normalized spacial score (nSPS) is 12.5. The molecule has 0 fully saturated rings. The van der Waals surface area contributed by atoms with Gasteiger partial charge in [0, 0.05) is 34.6 Å². The van der Waals surface area contributed by atoms with Crippen LogP contribution in [-0.4, -0.2) is 40.0 Å². The molecule has 5 rings (SSSR count). The first-order valence-corrected chi connectivity index (χ1v) is 16.3. The lowest BCUT2D eigenvalue weighted by Crippen LogP contribution is -2.34. The molecule has 0 saturated carbocycles. The van der Waals surface area contributed by atoms with Crippen molar-refractivity contribution in [2.75, 3.05) is 17.6 Å². The number of hydrogen-bond acceptors (Lipinski definition) is 8. The number of ether oxygens (including phenoxy) is 1. The monoisotopic (exact) mass is 643 g/mol. The smallest absolute Gasteiger partial charge is 0.214 e. The number of nitrogens with one attached hydrogen (secondary N) is 1. The van der Waals surface area contributed by atoms with Gasteiger partial charge in [-0.15, -0.1) is 11.3 Å². The highest BCUT2D eigenvalue weighted by molar-refractivity contribution is 7.89. The molecule has 13 heteroatoms. The van der Waals surface area contributed by atoms with Crippen molar-refractivity contribution in [2.24, 2.45) is 0 Å². The summed E-state index contributed by atoms with van der Waals surface area (Å²) in [4.78, 5) is 13.2. The van der Waals surface area contributed by atoms with E-state index in [4.69, 9.17) is 16.3 Å². The van der Waals surface area contributed by atoms with E-state index in [0.29, 0.717) is 56.0 Å². The fraction of sp³-hybridized carbons (Fsp3) is 0.233. The van der Waals surface area contributed by atoms with E-state index in [1.807, 2.05) is 0 Å². The first-order chi connectivity index (χ1) is 20.6. The molecule has 0 spiro atoms.